The van der Waals surface area contributed by atoms with E-state index in [0.29, 0.717) is 23.2 Å². The lowest BCUT2D eigenvalue weighted by atomic mass is 9.92. The first-order chi connectivity index (χ1) is 15.0. The van der Waals surface area contributed by atoms with Crippen LogP contribution < -0.4 is 10.6 Å². The molecule has 31 heavy (non-hydrogen) atoms. The number of benzene rings is 2. The standard InChI is InChI=1S/C24H18ClN3O3/c25-20-21(23(30)19-4-2-1-3-18(19)22(20)29)27-13-15-5-7-17(8-6-15)24(31)28-14-16-9-11-26-12-10-16/h1-12,27H,13-14H2,(H,28,31). The highest BCUT2D eigenvalue weighted by Crippen LogP contribution is 2.27. The van der Waals surface area contributed by atoms with Gasteiger partial charge in [-0.15, -0.1) is 0 Å². The third kappa shape index (κ3) is 4.39. The Kier molecular flexibility index (Phi) is 5.91. The Balaban J connectivity index is 1.39. The van der Waals surface area contributed by atoms with Crippen LogP contribution in [0, 0.1) is 0 Å². The molecule has 0 spiro atoms. The fourth-order valence-corrected chi connectivity index (χ4v) is 3.51. The van der Waals surface area contributed by atoms with Crippen LogP contribution in [0.1, 0.15) is 42.2 Å². The molecular weight excluding hydrogens is 414 g/mol. The third-order valence-electron chi connectivity index (χ3n) is 4.95. The van der Waals surface area contributed by atoms with Crippen LogP contribution in [0.3, 0.4) is 0 Å². The molecule has 0 fully saturated rings. The molecule has 2 aromatic carbocycles. The number of aromatic nitrogens is 1. The van der Waals surface area contributed by atoms with Crippen molar-refractivity contribution in [2.45, 2.75) is 13.1 Å². The summed E-state index contributed by atoms with van der Waals surface area (Å²) in [4.78, 5) is 41.4. The average Bonchev–Trinajstić information content (AvgIpc) is 2.82. The summed E-state index contributed by atoms with van der Waals surface area (Å²) in [6, 6.07) is 17.3. The number of carbonyl (C=O) groups excluding carboxylic acids is 3. The zero-order valence-corrected chi connectivity index (χ0v) is 17.1. The highest BCUT2D eigenvalue weighted by molar-refractivity contribution is 6.49. The van der Waals surface area contributed by atoms with Crippen molar-refractivity contribution in [2.24, 2.45) is 0 Å². The van der Waals surface area contributed by atoms with Crippen molar-refractivity contribution in [3.05, 3.63) is 112 Å². The minimum absolute atomic E-state index is 0.0875. The van der Waals surface area contributed by atoms with Crippen molar-refractivity contribution in [3.63, 3.8) is 0 Å². The van der Waals surface area contributed by atoms with Crippen LogP contribution in [0.2, 0.25) is 0 Å². The Morgan fingerprint density at radius 3 is 2.10 bits per heavy atom. The molecule has 154 valence electrons. The van der Waals surface area contributed by atoms with Gasteiger partial charge in [-0.25, -0.2) is 0 Å². The van der Waals surface area contributed by atoms with E-state index in [1.165, 1.54) is 0 Å². The molecule has 3 aromatic rings. The largest absolute Gasteiger partial charge is 0.376 e. The average molecular weight is 432 g/mol. The van der Waals surface area contributed by atoms with Gasteiger partial charge < -0.3 is 10.6 Å². The molecule has 0 bridgehead atoms. The summed E-state index contributed by atoms with van der Waals surface area (Å²) in [5.74, 6) is -0.875. The maximum atomic E-state index is 12.7. The number of ketones is 2. The second kappa shape index (κ2) is 8.93. The van der Waals surface area contributed by atoms with E-state index < -0.39 is 0 Å². The molecule has 0 unspecified atom stereocenters. The van der Waals surface area contributed by atoms with Gasteiger partial charge in [-0.1, -0.05) is 48.0 Å². The molecule has 2 N–H and O–H groups in total. The van der Waals surface area contributed by atoms with Crippen molar-refractivity contribution in [2.75, 3.05) is 0 Å². The summed E-state index contributed by atoms with van der Waals surface area (Å²) < 4.78 is 0. The number of allylic oxidation sites excluding steroid dienone is 2. The second-order valence-corrected chi connectivity index (χ2v) is 7.36. The Labute approximate surface area is 184 Å². The molecule has 0 atom stereocenters. The molecule has 0 aliphatic heterocycles. The third-order valence-corrected chi connectivity index (χ3v) is 5.31. The highest BCUT2D eigenvalue weighted by Gasteiger charge is 2.30. The monoisotopic (exact) mass is 431 g/mol. The van der Waals surface area contributed by atoms with Crippen LogP contribution >= 0.6 is 11.6 Å². The normalized spacial score (nSPS) is 13.1. The Bertz CT molecular complexity index is 1190. The van der Waals surface area contributed by atoms with Crippen LogP contribution in [0.4, 0.5) is 0 Å². The SMILES string of the molecule is O=C(NCc1ccncc1)c1ccc(CNC2=C(Cl)C(=O)c3ccccc3C2=O)cc1. The van der Waals surface area contributed by atoms with Crippen molar-refractivity contribution < 1.29 is 14.4 Å². The Morgan fingerprint density at radius 2 is 1.42 bits per heavy atom. The summed E-state index contributed by atoms with van der Waals surface area (Å²) in [7, 11) is 0. The Morgan fingerprint density at radius 1 is 0.806 bits per heavy atom. The molecule has 1 amide bonds. The summed E-state index contributed by atoms with van der Waals surface area (Å²) in [6.45, 7) is 0.695. The molecular formula is C24H18ClN3O3. The van der Waals surface area contributed by atoms with E-state index in [-0.39, 0.29) is 34.7 Å². The summed E-state index contributed by atoms with van der Waals surface area (Å²) in [6.07, 6.45) is 3.35. The molecule has 7 heteroatoms. The number of fused-ring (bicyclic) bond motifs is 1. The lowest BCUT2D eigenvalue weighted by Gasteiger charge is -2.19. The van der Waals surface area contributed by atoms with Gasteiger partial charge in [0.2, 0.25) is 11.6 Å². The van der Waals surface area contributed by atoms with E-state index in [1.807, 2.05) is 12.1 Å². The second-order valence-electron chi connectivity index (χ2n) is 6.98. The fourth-order valence-electron chi connectivity index (χ4n) is 3.25. The highest BCUT2D eigenvalue weighted by atomic mass is 35.5. The topological polar surface area (TPSA) is 88.2 Å². The predicted octanol–water partition coefficient (Wildman–Crippen LogP) is 3.63. The van der Waals surface area contributed by atoms with Crippen LogP contribution in [0.5, 0.6) is 0 Å². The van der Waals surface area contributed by atoms with E-state index in [9.17, 15) is 14.4 Å². The van der Waals surface area contributed by atoms with Gasteiger partial charge in [0.05, 0.1) is 0 Å². The van der Waals surface area contributed by atoms with Crippen molar-refractivity contribution in [1.82, 2.24) is 15.6 Å². The van der Waals surface area contributed by atoms with Gasteiger partial charge >= 0.3 is 0 Å². The van der Waals surface area contributed by atoms with Gasteiger partial charge in [0.25, 0.3) is 5.91 Å². The van der Waals surface area contributed by atoms with E-state index in [0.717, 1.165) is 11.1 Å². The number of nitrogens with one attached hydrogen (secondary N) is 2. The van der Waals surface area contributed by atoms with Gasteiger partial charge in [0, 0.05) is 42.2 Å². The van der Waals surface area contributed by atoms with E-state index in [4.69, 9.17) is 11.6 Å². The first kappa shape index (κ1) is 20.5. The first-order valence-corrected chi connectivity index (χ1v) is 10.0. The zero-order valence-electron chi connectivity index (χ0n) is 16.4. The molecule has 0 saturated carbocycles. The summed E-state index contributed by atoms with van der Waals surface area (Å²) in [5, 5.41) is 5.71. The van der Waals surface area contributed by atoms with Gasteiger partial charge in [0.1, 0.15) is 10.7 Å². The number of Topliss-reactive ketones (excluding diaryl/α,β-unsaturated/α-hetero) is 2. The lowest BCUT2D eigenvalue weighted by Crippen LogP contribution is -2.28. The van der Waals surface area contributed by atoms with Gasteiger partial charge in [-0.05, 0) is 35.4 Å². The number of rotatable bonds is 6. The number of halogens is 1. The number of carbonyl (C=O) groups is 3. The fraction of sp³-hybridized carbons (Fsp3) is 0.0833. The van der Waals surface area contributed by atoms with Gasteiger partial charge in [-0.3, -0.25) is 19.4 Å². The predicted molar refractivity (Wildman–Crippen MR) is 117 cm³/mol. The van der Waals surface area contributed by atoms with Crippen LogP contribution in [-0.2, 0) is 13.1 Å². The number of amides is 1. The molecule has 1 heterocycles. The van der Waals surface area contributed by atoms with Crippen LogP contribution in [-0.4, -0.2) is 22.5 Å². The van der Waals surface area contributed by atoms with Crippen molar-refractivity contribution >= 4 is 29.1 Å². The molecule has 1 aromatic heterocycles. The van der Waals surface area contributed by atoms with E-state index in [2.05, 4.69) is 15.6 Å². The number of hydrogen-bond acceptors (Lipinski definition) is 5. The van der Waals surface area contributed by atoms with Crippen molar-refractivity contribution in [3.8, 4) is 0 Å². The minimum Gasteiger partial charge on any atom is -0.376 e. The van der Waals surface area contributed by atoms with Gasteiger partial charge in [0.15, 0.2) is 0 Å². The number of pyridine rings is 1. The summed E-state index contributed by atoms with van der Waals surface area (Å²) >= 11 is 6.16. The molecule has 0 saturated heterocycles. The quantitative estimate of drug-likeness (QED) is 0.622. The Hall–Kier alpha value is -3.77. The maximum Gasteiger partial charge on any atom is 0.251 e. The van der Waals surface area contributed by atoms with E-state index >= 15 is 0 Å². The molecule has 6 nitrogen and oxygen atoms in total. The van der Waals surface area contributed by atoms with E-state index in [1.54, 1.807) is 60.9 Å². The summed E-state index contributed by atoms with van der Waals surface area (Å²) in [5.41, 5.74) is 3.05. The molecule has 1 aliphatic carbocycles. The van der Waals surface area contributed by atoms with Crippen molar-refractivity contribution in [1.29, 1.82) is 0 Å². The van der Waals surface area contributed by atoms with Crippen LogP contribution in [0.15, 0.2) is 83.8 Å². The lowest BCUT2D eigenvalue weighted by molar-refractivity contribution is 0.0950. The zero-order chi connectivity index (χ0) is 21.8. The maximum absolute atomic E-state index is 12.7. The van der Waals surface area contributed by atoms with Gasteiger partial charge in [-0.2, -0.15) is 0 Å². The molecule has 0 radical (unpaired) electrons. The number of hydrogen-bond donors (Lipinski definition) is 2. The smallest absolute Gasteiger partial charge is 0.251 e. The number of nitrogens with zero attached hydrogens (tertiary/aromatic N) is 1. The molecule has 4 rings (SSSR count). The van der Waals surface area contributed by atoms with Crippen LogP contribution in [0.25, 0.3) is 0 Å². The minimum atomic E-state index is -0.374. The first-order valence-electron chi connectivity index (χ1n) is 9.62. The molecule has 1 aliphatic rings.